The van der Waals surface area contributed by atoms with E-state index in [0.29, 0.717) is 18.5 Å². The van der Waals surface area contributed by atoms with E-state index in [-0.39, 0.29) is 17.4 Å². The van der Waals surface area contributed by atoms with Crippen molar-refractivity contribution in [3.63, 3.8) is 0 Å². The minimum Gasteiger partial charge on any atom is -0.444 e. The van der Waals surface area contributed by atoms with Gasteiger partial charge in [0, 0.05) is 24.7 Å². The van der Waals surface area contributed by atoms with E-state index in [0.717, 1.165) is 12.1 Å². The molecule has 0 aliphatic carbocycles. The fourth-order valence-corrected chi connectivity index (χ4v) is 3.02. The number of rotatable bonds is 1. The number of carbonyl (C=O) groups is 1. The van der Waals surface area contributed by atoms with Crippen LogP contribution in [-0.4, -0.2) is 34.7 Å². The second-order valence-corrected chi connectivity index (χ2v) is 7.17. The Morgan fingerprint density at radius 3 is 2.83 bits per heavy atom. The number of hydrogen-bond acceptors (Lipinski definition) is 3. The van der Waals surface area contributed by atoms with E-state index >= 15 is 0 Å². The zero-order valence-corrected chi connectivity index (χ0v) is 14.1. The molecular weight excluding hydrogens is 311 g/mol. The second kappa shape index (κ2) is 5.92. The molecule has 1 amide bonds. The third kappa shape index (κ3) is 3.27. The average molecular weight is 332 g/mol. The molecule has 1 N–H and O–H groups in total. The smallest absolute Gasteiger partial charge is 0.410 e. The molecule has 1 aromatic carbocycles. The molecule has 3 rings (SSSR count). The van der Waals surface area contributed by atoms with E-state index in [4.69, 9.17) is 4.74 Å². The maximum absolute atomic E-state index is 13.8. The van der Waals surface area contributed by atoms with Crippen LogP contribution in [-0.2, 0) is 4.74 Å². The first-order chi connectivity index (χ1) is 11.2. The van der Waals surface area contributed by atoms with Crippen molar-refractivity contribution in [1.82, 2.24) is 9.88 Å². The third-order valence-corrected chi connectivity index (χ3v) is 4.12. The van der Waals surface area contributed by atoms with Gasteiger partial charge in [-0.2, -0.15) is 0 Å². The van der Waals surface area contributed by atoms with Crippen LogP contribution in [0.4, 0.5) is 9.18 Å². The lowest BCUT2D eigenvalue weighted by atomic mass is 10.0. The van der Waals surface area contributed by atoms with Gasteiger partial charge in [-0.3, -0.25) is 4.79 Å². The summed E-state index contributed by atoms with van der Waals surface area (Å²) in [5.41, 5.74) is -0.246. The van der Waals surface area contributed by atoms with Crippen molar-refractivity contribution in [2.24, 2.45) is 0 Å². The first-order valence-electron chi connectivity index (χ1n) is 8.04. The fourth-order valence-electron chi connectivity index (χ4n) is 3.02. The molecule has 1 aliphatic heterocycles. The number of amides is 1. The Hall–Kier alpha value is -2.37. The Labute approximate surface area is 139 Å². The van der Waals surface area contributed by atoms with Crippen molar-refractivity contribution >= 4 is 16.9 Å². The minimum absolute atomic E-state index is 0.0119. The monoisotopic (exact) mass is 332 g/mol. The summed E-state index contributed by atoms with van der Waals surface area (Å²) in [6, 6.07) is 6.38. The molecule has 0 saturated carbocycles. The number of halogens is 1. The number of aromatic nitrogens is 1. The van der Waals surface area contributed by atoms with E-state index in [9.17, 15) is 14.0 Å². The van der Waals surface area contributed by atoms with Gasteiger partial charge in [-0.25, -0.2) is 9.18 Å². The summed E-state index contributed by atoms with van der Waals surface area (Å²) < 4.78 is 19.2. The standard InChI is InChI=1S/C18H21FN2O3/c1-18(2,3)24-17(23)21-8-7-12(10-21)14-9-11-5-4-6-13(19)15(11)16(22)20-14/h4-6,9,12H,7-8,10H2,1-3H3,(H,20,22). The van der Waals surface area contributed by atoms with Crippen LogP contribution in [0, 0.1) is 5.82 Å². The minimum atomic E-state index is -0.538. The number of ether oxygens (including phenoxy) is 1. The molecule has 1 aromatic heterocycles. The van der Waals surface area contributed by atoms with Gasteiger partial charge in [0.1, 0.15) is 11.4 Å². The van der Waals surface area contributed by atoms with Gasteiger partial charge < -0.3 is 14.6 Å². The zero-order chi connectivity index (χ0) is 17.5. The predicted octanol–water partition coefficient (Wildman–Crippen LogP) is 3.39. The summed E-state index contributed by atoms with van der Waals surface area (Å²) in [4.78, 5) is 28.7. The van der Waals surface area contributed by atoms with Gasteiger partial charge in [-0.1, -0.05) is 12.1 Å². The molecule has 0 bridgehead atoms. The number of hydrogen-bond donors (Lipinski definition) is 1. The average Bonchev–Trinajstić information content (AvgIpc) is 2.95. The summed E-state index contributed by atoms with van der Waals surface area (Å²) in [7, 11) is 0. The summed E-state index contributed by atoms with van der Waals surface area (Å²) in [6.45, 7) is 6.53. The van der Waals surface area contributed by atoms with Gasteiger partial charge in [0.25, 0.3) is 5.56 Å². The molecule has 5 nitrogen and oxygen atoms in total. The van der Waals surface area contributed by atoms with Gasteiger partial charge >= 0.3 is 6.09 Å². The number of benzene rings is 1. The highest BCUT2D eigenvalue weighted by Gasteiger charge is 2.31. The van der Waals surface area contributed by atoms with E-state index < -0.39 is 17.0 Å². The van der Waals surface area contributed by atoms with Crippen molar-refractivity contribution in [2.75, 3.05) is 13.1 Å². The van der Waals surface area contributed by atoms with E-state index in [1.807, 2.05) is 20.8 Å². The highest BCUT2D eigenvalue weighted by molar-refractivity contribution is 5.82. The highest BCUT2D eigenvalue weighted by atomic mass is 19.1. The van der Waals surface area contributed by atoms with Crippen molar-refractivity contribution in [2.45, 2.75) is 38.7 Å². The van der Waals surface area contributed by atoms with E-state index in [1.165, 1.54) is 6.07 Å². The SMILES string of the molecule is CC(C)(C)OC(=O)N1CCC(c2cc3cccc(F)c3c(=O)[nH]2)C1. The molecule has 1 fully saturated rings. The third-order valence-electron chi connectivity index (χ3n) is 4.12. The normalized spacial score (nSPS) is 18.2. The number of H-pyrrole nitrogens is 1. The van der Waals surface area contributed by atoms with Crippen LogP contribution >= 0.6 is 0 Å². The number of nitrogens with one attached hydrogen (secondary N) is 1. The Morgan fingerprint density at radius 1 is 1.38 bits per heavy atom. The van der Waals surface area contributed by atoms with Crippen LogP contribution in [0.25, 0.3) is 10.8 Å². The van der Waals surface area contributed by atoms with Gasteiger partial charge in [0.05, 0.1) is 5.39 Å². The molecule has 24 heavy (non-hydrogen) atoms. The molecular formula is C18H21FN2O3. The molecule has 0 radical (unpaired) electrons. The van der Waals surface area contributed by atoms with Gasteiger partial charge in [0.2, 0.25) is 0 Å². The molecule has 1 atom stereocenters. The van der Waals surface area contributed by atoms with Crippen molar-refractivity contribution in [3.8, 4) is 0 Å². The molecule has 2 heterocycles. The number of nitrogens with zero attached hydrogens (tertiary/aromatic N) is 1. The number of fused-ring (bicyclic) bond motifs is 1. The highest BCUT2D eigenvalue weighted by Crippen LogP contribution is 2.28. The van der Waals surface area contributed by atoms with Gasteiger partial charge in [-0.15, -0.1) is 0 Å². The number of likely N-dealkylation sites (tertiary alicyclic amines) is 1. The second-order valence-electron chi connectivity index (χ2n) is 7.17. The van der Waals surface area contributed by atoms with Gasteiger partial charge in [-0.05, 0) is 44.7 Å². The van der Waals surface area contributed by atoms with Crippen molar-refractivity contribution in [3.05, 3.63) is 46.1 Å². The molecule has 2 aromatic rings. The van der Waals surface area contributed by atoms with Crippen molar-refractivity contribution < 1.29 is 13.9 Å². The van der Waals surface area contributed by atoms with Crippen LogP contribution in [0.3, 0.4) is 0 Å². The first kappa shape index (κ1) is 16.5. The summed E-state index contributed by atoms with van der Waals surface area (Å²) in [6.07, 6.45) is 0.384. The Morgan fingerprint density at radius 2 is 2.12 bits per heavy atom. The maximum atomic E-state index is 13.8. The van der Waals surface area contributed by atoms with Crippen LogP contribution in [0.1, 0.15) is 38.8 Å². The van der Waals surface area contributed by atoms with Gasteiger partial charge in [0.15, 0.2) is 0 Å². The maximum Gasteiger partial charge on any atom is 0.410 e. The van der Waals surface area contributed by atoms with E-state index in [2.05, 4.69) is 4.98 Å². The number of aromatic amines is 1. The lowest BCUT2D eigenvalue weighted by molar-refractivity contribution is 0.0292. The van der Waals surface area contributed by atoms with E-state index in [1.54, 1.807) is 23.1 Å². The number of pyridine rings is 1. The topological polar surface area (TPSA) is 62.4 Å². The molecule has 1 aliphatic rings. The Bertz CT molecular complexity index is 838. The molecule has 128 valence electrons. The lowest BCUT2D eigenvalue weighted by Gasteiger charge is -2.24. The lowest BCUT2D eigenvalue weighted by Crippen LogP contribution is -2.35. The summed E-state index contributed by atoms with van der Waals surface area (Å²) >= 11 is 0. The fraction of sp³-hybridized carbons (Fsp3) is 0.444. The Balaban J connectivity index is 1.83. The van der Waals surface area contributed by atoms with Crippen LogP contribution in [0.2, 0.25) is 0 Å². The van der Waals surface area contributed by atoms with Crippen LogP contribution in [0.15, 0.2) is 29.1 Å². The summed E-state index contributed by atoms with van der Waals surface area (Å²) in [5, 5.41) is 0.646. The zero-order valence-electron chi connectivity index (χ0n) is 14.1. The Kier molecular flexibility index (Phi) is 4.07. The number of carbonyl (C=O) groups excluding carboxylic acids is 1. The molecule has 1 unspecified atom stereocenters. The largest absolute Gasteiger partial charge is 0.444 e. The summed E-state index contributed by atoms with van der Waals surface area (Å²) in [5.74, 6) is -0.514. The van der Waals surface area contributed by atoms with Crippen LogP contribution < -0.4 is 5.56 Å². The quantitative estimate of drug-likeness (QED) is 0.871. The molecule has 1 saturated heterocycles. The molecule has 6 heteroatoms. The predicted molar refractivity (Wildman–Crippen MR) is 89.7 cm³/mol. The van der Waals surface area contributed by atoms with Crippen molar-refractivity contribution in [1.29, 1.82) is 0 Å². The van der Waals surface area contributed by atoms with Crippen LogP contribution in [0.5, 0.6) is 0 Å². The molecule has 0 spiro atoms. The first-order valence-corrected chi connectivity index (χ1v) is 8.04.